The number of nitrogens with zero attached hydrogens (tertiary/aromatic N) is 3. The summed E-state index contributed by atoms with van der Waals surface area (Å²) in [6.45, 7) is 5.61. The number of fused-ring (bicyclic) bond motifs is 1. The predicted octanol–water partition coefficient (Wildman–Crippen LogP) is 4.35. The van der Waals surface area contributed by atoms with Crippen LogP contribution in [0.5, 0.6) is 0 Å². The van der Waals surface area contributed by atoms with Gasteiger partial charge in [0, 0.05) is 47.6 Å². The molecule has 1 aromatic heterocycles. The largest absolute Gasteiger partial charge is 0.381 e. The number of pyridine rings is 1. The van der Waals surface area contributed by atoms with Crippen LogP contribution in [0.15, 0.2) is 54.5 Å². The number of aromatic nitrogens is 1. The van der Waals surface area contributed by atoms with Gasteiger partial charge in [0.1, 0.15) is 19.7 Å². The summed E-state index contributed by atoms with van der Waals surface area (Å²) in [6.07, 6.45) is 6.72. The standard InChI is InChI=1S/C29H32BClFN7O/c1-28(2)16-40-10-9-24(28)35-26-17(13-33)14-34-27-22(26)11-20(12-23(27)31)36-29(30,18-3-5-19(32)6-4-18)25-15-39(38-37-25)21-7-8-21/h3-6,11-12,14-15,21,24,36-38H,7-10,16,30H2,1-2H3,(H,34,35). The number of rotatable bonds is 7. The Kier molecular flexibility index (Phi) is 6.77. The molecular weight excluding hydrogens is 528 g/mol. The van der Waals surface area contributed by atoms with Crippen LogP contribution < -0.4 is 21.6 Å². The number of anilines is 2. The average molecular weight is 560 g/mol. The van der Waals surface area contributed by atoms with E-state index < -0.39 is 5.44 Å². The molecule has 2 aromatic carbocycles. The lowest BCUT2D eigenvalue weighted by atomic mass is 9.69. The first-order valence-corrected chi connectivity index (χ1v) is 14.0. The summed E-state index contributed by atoms with van der Waals surface area (Å²) in [5.41, 5.74) is 9.94. The summed E-state index contributed by atoms with van der Waals surface area (Å²) in [4.78, 5) is 4.53. The van der Waals surface area contributed by atoms with E-state index in [0.717, 1.165) is 41.6 Å². The average Bonchev–Trinajstić information content (AvgIpc) is 3.65. The second-order valence-corrected chi connectivity index (χ2v) is 12.1. The number of hydrogen-bond acceptors (Lipinski definition) is 8. The molecule has 1 saturated heterocycles. The van der Waals surface area contributed by atoms with Crippen molar-refractivity contribution >= 4 is 41.7 Å². The molecule has 4 N–H and O–H groups in total. The molecule has 3 aliphatic rings. The van der Waals surface area contributed by atoms with Crippen LogP contribution in [-0.4, -0.2) is 43.1 Å². The first-order chi connectivity index (χ1) is 19.2. The maximum absolute atomic E-state index is 13.9. The number of ether oxygens (including phenoxy) is 1. The van der Waals surface area contributed by atoms with Crippen molar-refractivity contribution in [3.63, 3.8) is 0 Å². The van der Waals surface area contributed by atoms with Crippen molar-refractivity contribution in [2.24, 2.45) is 5.41 Å². The van der Waals surface area contributed by atoms with Gasteiger partial charge in [-0.1, -0.05) is 37.6 Å². The molecule has 0 bridgehead atoms. The third kappa shape index (κ3) is 4.94. The molecule has 3 heterocycles. The van der Waals surface area contributed by atoms with E-state index in [0.29, 0.717) is 41.0 Å². The second-order valence-electron chi connectivity index (χ2n) is 11.7. The van der Waals surface area contributed by atoms with Crippen LogP contribution in [0.3, 0.4) is 0 Å². The van der Waals surface area contributed by atoms with Crippen LogP contribution in [0.25, 0.3) is 10.9 Å². The van der Waals surface area contributed by atoms with Crippen molar-refractivity contribution in [1.82, 2.24) is 21.0 Å². The van der Waals surface area contributed by atoms with Gasteiger partial charge in [-0.25, -0.2) is 4.39 Å². The van der Waals surface area contributed by atoms with E-state index in [9.17, 15) is 9.65 Å². The van der Waals surface area contributed by atoms with Crippen LogP contribution in [0.1, 0.15) is 44.2 Å². The first kappa shape index (κ1) is 26.7. The zero-order chi connectivity index (χ0) is 28.1. The Morgan fingerprint density at radius 2 is 2.02 bits per heavy atom. The number of nitrogens with one attached hydrogen (secondary N) is 4. The Labute approximate surface area is 239 Å². The van der Waals surface area contributed by atoms with Gasteiger partial charge in [-0.3, -0.25) is 9.99 Å². The SMILES string of the molecule is BC(Nc1cc(Cl)c2ncc(C#N)c(NC3CCOCC3(C)C)c2c1)(C1=CN(C2CC2)NN1)c1ccc(F)cc1. The number of hydrogen-bond donors (Lipinski definition) is 4. The molecule has 0 radical (unpaired) electrons. The lowest BCUT2D eigenvalue weighted by Gasteiger charge is -2.39. The molecule has 1 aliphatic carbocycles. The Morgan fingerprint density at radius 3 is 2.73 bits per heavy atom. The fraction of sp³-hybridized carbons (Fsp3) is 0.379. The molecule has 3 aromatic rings. The highest BCUT2D eigenvalue weighted by Gasteiger charge is 2.38. The molecule has 40 heavy (non-hydrogen) atoms. The Balaban J connectivity index is 1.43. The second kappa shape index (κ2) is 10.1. The highest BCUT2D eigenvalue weighted by molar-refractivity contribution is 6.36. The quantitative estimate of drug-likeness (QED) is 0.317. The van der Waals surface area contributed by atoms with E-state index in [2.05, 4.69) is 57.7 Å². The van der Waals surface area contributed by atoms with Crippen LogP contribution >= 0.6 is 11.6 Å². The van der Waals surface area contributed by atoms with Crippen molar-refractivity contribution in [1.29, 1.82) is 5.26 Å². The van der Waals surface area contributed by atoms with Crippen molar-refractivity contribution in [2.45, 2.75) is 50.6 Å². The van der Waals surface area contributed by atoms with Crippen LogP contribution in [0.2, 0.25) is 5.02 Å². The third-order valence-electron chi connectivity index (χ3n) is 8.21. The van der Waals surface area contributed by atoms with Gasteiger partial charge in [-0.15, -0.1) is 5.53 Å². The highest BCUT2D eigenvalue weighted by Crippen LogP contribution is 2.39. The van der Waals surface area contributed by atoms with E-state index in [1.807, 2.05) is 20.0 Å². The normalized spacial score (nSPS) is 21.7. The van der Waals surface area contributed by atoms with Crippen LogP contribution in [0, 0.1) is 22.6 Å². The van der Waals surface area contributed by atoms with Crippen molar-refractivity contribution in [2.75, 3.05) is 23.8 Å². The molecule has 2 aliphatic heterocycles. The van der Waals surface area contributed by atoms with Crippen LogP contribution in [-0.2, 0) is 10.2 Å². The molecule has 1 saturated carbocycles. The highest BCUT2D eigenvalue weighted by atomic mass is 35.5. The molecule has 2 atom stereocenters. The number of benzene rings is 2. The van der Waals surface area contributed by atoms with Gasteiger partial charge in [0.2, 0.25) is 0 Å². The topological polar surface area (TPSA) is 97.3 Å². The van der Waals surface area contributed by atoms with Gasteiger partial charge < -0.3 is 20.8 Å². The minimum atomic E-state index is -0.766. The zero-order valence-electron chi connectivity index (χ0n) is 22.8. The van der Waals surface area contributed by atoms with Gasteiger partial charge in [0.15, 0.2) is 0 Å². The van der Waals surface area contributed by atoms with E-state index >= 15 is 0 Å². The summed E-state index contributed by atoms with van der Waals surface area (Å²) in [6, 6.07) is 13.2. The fourth-order valence-electron chi connectivity index (χ4n) is 5.54. The summed E-state index contributed by atoms with van der Waals surface area (Å²) in [7, 11) is 2.04. The number of hydrazine groups is 2. The number of nitriles is 1. The zero-order valence-corrected chi connectivity index (χ0v) is 23.6. The molecule has 0 spiro atoms. The van der Waals surface area contributed by atoms with Gasteiger partial charge in [-0.05, 0) is 49.1 Å². The van der Waals surface area contributed by atoms with E-state index in [-0.39, 0.29) is 17.3 Å². The van der Waals surface area contributed by atoms with E-state index in [4.69, 9.17) is 16.3 Å². The van der Waals surface area contributed by atoms with Crippen LogP contribution in [0.4, 0.5) is 15.8 Å². The summed E-state index contributed by atoms with van der Waals surface area (Å²) in [5.74, 6) is -0.298. The Morgan fingerprint density at radius 1 is 1.25 bits per heavy atom. The van der Waals surface area contributed by atoms with E-state index in [1.165, 1.54) is 12.1 Å². The molecular formula is C29H32BClFN7O. The first-order valence-electron chi connectivity index (χ1n) is 13.6. The van der Waals surface area contributed by atoms with Crippen molar-refractivity contribution in [3.8, 4) is 6.07 Å². The van der Waals surface area contributed by atoms with Gasteiger partial charge >= 0.3 is 0 Å². The summed E-state index contributed by atoms with van der Waals surface area (Å²) >= 11 is 6.82. The maximum atomic E-state index is 13.9. The molecule has 2 unspecified atom stereocenters. The van der Waals surface area contributed by atoms with Crippen molar-refractivity contribution < 1.29 is 9.13 Å². The molecule has 206 valence electrons. The minimum absolute atomic E-state index is 0.103. The lowest BCUT2D eigenvalue weighted by Crippen LogP contribution is -2.45. The monoisotopic (exact) mass is 559 g/mol. The summed E-state index contributed by atoms with van der Waals surface area (Å²) < 4.78 is 19.6. The molecule has 2 fully saturated rings. The fourth-order valence-corrected chi connectivity index (χ4v) is 5.81. The van der Waals surface area contributed by atoms with Gasteiger partial charge in [-0.2, -0.15) is 5.26 Å². The van der Waals surface area contributed by atoms with Gasteiger partial charge in [0.25, 0.3) is 0 Å². The molecule has 8 nitrogen and oxygen atoms in total. The van der Waals surface area contributed by atoms with Crippen molar-refractivity contribution in [3.05, 3.63) is 76.5 Å². The van der Waals surface area contributed by atoms with E-state index in [1.54, 1.807) is 18.3 Å². The van der Waals surface area contributed by atoms with Gasteiger partial charge in [0.05, 0.1) is 39.5 Å². The Bertz CT molecular complexity index is 1520. The lowest BCUT2D eigenvalue weighted by molar-refractivity contribution is 0.00350. The minimum Gasteiger partial charge on any atom is -0.381 e. The maximum Gasteiger partial charge on any atom is 0.148 e. The summed E-state index contributed by atoms with van der Waals surface area (Å²) in [5, 5.41) is 20.6. The molecule has 6 rings (SSSR count). The molecule has 0 amide bonds. The predicted molar refractivity (Wildman–Crippen MR) is 158 cm³/mol. The smallest absolute Gasteiger partial charge is 0.148 e. The number of halogens is 2. The Hall–Kier alpha value is -3.52. The third-order valence-corrected chi connectivity index (χ3v) is 8.50. The molecule has 11 heteroatoms.